The van der Waals surface area contributed by atoms with Crippen molar-refractivity contribution in [1.82, 2.24) is 4.90 Å². The molecule has 45 heavy (non-hydrogen) atoms. The van der Waals surface area contributed by atoms with Gasteiger partial charge in [0.1, 0.15) is 19.0 Å². The number of benzene rings is 2. The Bertz CT molecular complexity index is 1420. The molecule has 2 saturated heterocycles. The number of hydrogen-bond donors (Lipinski definition) is 1. The Morgan fingerprint density at radius 2 is 1.73 bits per heavy atom. The van der Waals surface area contributed by atoms with Gasteiger partial charge in [0.05, 0.1) is 31.4 Å². The molecule has 0 aromatic heterocycles. The standard InChI is InChI=1S/C37H41NO7/c1-2-21-41-36(39)34-22-28(45-35-20-12-15-27(44-35)24-42-26-13-6-4-3-5-7-14-26)23-38(34)37(40)43-25-33-31-18-10-8-16-29(31)30-17-9-11-19-32(30)33/h2-11,13-14,16-19,27-28,33-36,39H,1,12,15,20-25H2/b4-3-,5-3?,6-4?,7-5-,13-6?,14-7?,26-13?,26-14?/t27?,28-,34+,35?,36?/m1/s1. The molecular weight excluding hydrogens is 570 g/mol. The minimum atomic E-state index is -1.21. The molecule has 1 amide bonds. The van der Waals surface area contributed by atoms with Gasteiger partial charge < -0.3 is 28.8 Å². The summed E-state index contributed by atoms with van der Waals surface area (Å²) in [5.74, 6) is 0.709. The number of ether oxygens (including phenoxy) is 5. The third-order valence-corrected chi connectivity index (χ3v) is 8.65. The van der Waals surface area contributed by atoms with Gasteiger partial charge in [0, 0.05) is 12.3 Å². The summed E-state index contributed by atoms with van der Waals surface area (Å²) in [7, 11) is 0. The number of fused-ring (bicyclic) bond motifs is 3. The third-order valence-electron chi connectivity index (χ3n) is 8.65. The fourth-order valence-electron chi connectivity index (χ4n) is 6.49. The second kappa shape index (κ2) is 14.9. The quantitative estimate of drug-likeness (QED) is 0.233. The van der Waals surface area contributed by atoms with E-state index < -0.39 is 24.7 Å². The fourth-order valence-corrected chi connectivity index (χ4v) is 6.49. The first-order valence-electron chi connectivity index (χ1n) is 15.8. The largest absolute Gasteiger partial charge is 0.491 e. The number of allylic oxidation sites excluding steroid dienone is 7. The van der Waals surface area contributed by atoms with Crippen LogP contribution >= 0.6 is 0 Å². The summed E-state index contributed by atoms with van der Waals surface area (Å²) >= 11 is 0. The van der Waals surface area contributed by atoms with Crippen molar-refractivity contribution in [3.8, 4) is 11.1 Å². The molecule has 2 fully saturated rings. The van der Waals surface area contributed by atoms with Crippen LogP contribution in [0.2, 0.25) is 0 Å². The molecule has 0 bridgehead atoms. The summed E-state index contributed by atoms with van der Waals surface area (Å²) in [4.78, 5) is 15.1. The van der Waals surface area contributed by atoms with Gasteiger partial charge in [0.2, 0.25) is 0 Å². The van der Waals surface area contributed by atoms with E-state index >= 15 is 0 Å². The monoisotopic (exact) mass is 611 g/mol. The molecule has 2 aromatic rings. The van der Waals surface area contributed by atoms with Crippen LogP contribution in [0, 0.1) is 0 Å². The van der Waals surface area contributed by atoms with Crippen LogP contribution < -0.4 is 0 Å². The molecule has 1 N–H and O–H groups in total. The minimum absolute atomic E-state index is 0.0626. The van der Waals surface area contributed by atoms with E-state index in [4.69, 9.17) is 23.7 Å². The number of aliphatic hydroxyl groups excluding tert-OH is 1. The predicted octanol–water partition coefficient (Wildman–Crippen LogP) is 6.39. The van der Waals surface area contributed by atoms with Gasteiger partial charge in [-0.3, -0.25) is 4.90 Å². The van der Waals surface area contributed by atoms with Crippen molar-refractivity contribution in [2.45, 2.75) is 62.4 Å². The first-order valence-corrected chi connectivity index (χ1v) is 15.8. The number of nitrogens with zero attached hydrogens (tertiary/aromatic N) is 1. The Labute approximate surface area is 264 Å². The van der Waals surface area contributed by atoms with Crippen molar-refractivity contribution in [1.29, 1.82) is 0 Å². The van der Waals surface area contributed by atoms with Crippen molar-refractivity contribution in [2.24, 2.45) is 0 Å². The molecule has 2 heterocycles. The van der Waals surface area contributed by atoms with E-state index in [-0.39, 0.29) is 37.9 Å². The first-order chi connectivity index (χ1) is 22.1. The number of rotatable bonds is 11. The Morgan fingerprint density at radius 3 is 2.51 bits per heavy atom. The minimum Gasteiger partial charge on any atom is -0.491 e. The highest BCUT2D eigenvalue weighted by molar-refractivity contribution is 5.79. The average molecular weight is 612 g/mol. The van der Waals surface area contributed by atoms with Gasteiger partial charge in [0.15, 0.2) is 12.6 Å². The summed E-state index contributed by atoms with van der Waals surface area (Å²) in [5.41, 5.74) is 4.61. The zero-order valence-corrected chi connectivity index (χ0v) is 25.4. The molecule has 2 aromatic carbocycles. The zero-order valence-electron chi connectivity index (χ0n) is 25.4. The Kier molecular flexibility index (Phi) is 10.3. The normalized spacial score (nSPS) is 26.2. The molecule has 3 unspecified atom stereocenters. The van der Waals surface area contributed by atoms with Crippen LogP contribution in [0.4, 0.5) is 4.79 Å². The third kappa shape index (κ3) is 7.48. The van der Waals surface area contributed by atoms with Gasteiger partial charge in [-0.25, -0.2) is 4.79 Å². The van der Waals surface area contributed by atoms with E-state index in [0.717, 1.165) is 47.3 Å². The van der Waals surface area contributed by atoms with Gasteiger partial charge in [-0.2, -0.15) is 0 Å². The Balaban J connectivity index is 1.07. The number of likely N-dealkylation sites (tertiary alicyclic amines) is 1. The van der Waals surface area contributed by atoms with Gasteiger partial charge in [0.25, 0.3) is 0 Å². The highest BCUT2D eigenvalue weighted by Crippen LogP contribution is 2.44. The average Bonchev–Trinajstić information content (AvgIpc) is 3.61. The molecule has 236 valence electrons. The predicted molar refractivity (Wildman–Crippen MR) is 171 cm³/mol. The highest BCUT2D eigenvalue weighted by atomic mass is 16.7. The first kappa shape index (κ1) is 31.0. The van der Waals surface area contributed by atoms with E-state index in [1.807, 2.05) is 66.8 Å². The zero-order chi connectivity index (χ0) is 31.0. The smallest absolute Gasteiger partial charge is 0.410 e. The van der Waals surface area contributed by atoms with Crippen molar-refractivity contribution >= 4 is 6.09 Å². The molecule has 8 heteroatoms. The molecule has 0 spiro atoms. The number of aliphatic hydroxyl groups is 1. The number of hydrogen-bond acceptors (Lipinski definition) is 7. The summed E-state index contributed by atoms with van der Waals surface area (Å²) in [5, 5.41) is 10.9. The van der Waals surface area contributed by atoms with E-state index in [1.54, 1.807) is 6.08 Å². The maximum Gasteiger partial charge on any atom is 0.410 e. The van der Waals surface area contributed by atoms with Crippen molar-refractivity contribution in [3.05, 3.63) is 121 Å². The van der Waals surface area contributed by atoms with Gasteiger partial charge in [-0.05, 0) is 53.7 Å². The lowest BCUT2D eigenvalue weighted by atomic mass is 9.98. The van der Waals surface area contributed by atoms with Crippen LogP contribution in [0.15, 0.2) is 109 Å². The summed E-state index contributed by atoms with van der Waals surface area (Å²) in [6.45, 7) is 4.70. The van der Waals surface area contributed by atoms with E-state index in [2.05, 4.69) is 30.8 Å². The fraction of sp³-hybridized carbons (Fsp3) is 0.378. The maximum atomic E-state index is 13.6. The number of carbonyl (C=O) groups excluding carboxylic acids is 1. The SMILES string of the molecule is C=CCOC(O)[C@@H]1C[C@@H](OC2CCCC(COC3=C/C=C\C=C/C=C3)O2)CN1C(=O)OCC1c2ccccc2-c2ccccc21. The lowest BCUT2D eigenvalue weighted by Gasteiger charge is -2.31. The Hall–Kier alpha value is -3.95. The summed E-state index contributed by atoms with van der Waals surface area (Å²) in [6, 6.07) is 15.8. The summed E-state index contributed by atoms with van der Waals surface area (Å²) in [6.07, 6.45) is 15.5. The topological polar surface area (TPSA) is 86.7 Å². The van der Waals surface area contributed by atoms with Crippen LogP contribution in [0.1, 0.15) is 42.7 Å². The molecule has 8 nitrogen and oxygen atoms in total. The molecule has 2 aliphatic heterocycles. The lowest BCUT2D eigenvalue weighted by Crippen LogP contribution is -2.44. The molecule has 4 aliphatic rings. The summed E-state index contributed by atoms with van der Waals surface area (Å²) < 4.78 is 30.2. The number of amides is 1. The van der Waals surface area contributed by atoms with Crippen molar-refractivity contribution in [2.75, 3.05) is 26.4 Å². The molecule has 5 atom stereocenters. The second-order valence-electron chi connectivity index (χ2n) is 11.7. The molecule has 0 radical (unpaired) electrons. The van der Waals surface area contributed by atoms with Gasteiger partial charge >= 0.3 is 6.09 Å². The van der Waals surface area contributed by atoms with E-state index in [0.29, 0.717) is 13.0 Å². The number of carbonyl (C=O) groups is 1. The van der Waals surface area contributed by atoms with Crippen molar-refractivity contribution in [3.63, 3.8) is 0 Å². The molecule has 6 rings (SSSR count). The van der Waals surface area contributed by atoms with E-state index in [9.17, 15) is 9.90 Å². The van der Waals surface area contributed by atoms with Crippen LogP contribution in [0.5, 0.6) is 0 Å². The maximum absolute atomic E-state index is 13.6. The van der Waals surface area contributed by atoms with Crippen LogP contribution in [-0.2, 0) is 23.7 Å². The molecule has 0 saturated carbocycles. The van der Waals surface area contributed by atoms with E-state index in [1.165, 1.54) is 4.90 Å². The molecule has 2 aliphatic carbocycles. The van der Waals surface area contributed by atoms with Gasteiger partial charge in [-0.1, -0.05) is 85.0 Å². The van der Waals surface area contributed by atoms with Crippen LogP contribution in [0.3, 0.4) is 0 Å². The Morgan fingerprint density at radius 1 is 1.00 bits per heavy atom. The van der Waals surface area contributed by atoms with Crippen LogP contribution in [-0.4, -0.2) is 73.3 Å². The lowest BCUT2D eigenvalue weighted by molar-refractivity contribution is -0.219. The van der Waals surface area contributed by atoms with Crippen LogP contribution in [0.25, 0.3) is 11.1 Å². The molecular formula is C37H41NO7. The highest BCUT2D eigenvalue weighted by Gasteiger charge is 2.43. The van der Waals surface area contributed by atoms with Crippen molar-refractivity contribution < 1.29 is 33.6 Å². The van der Waals surface area contributed by atoms with Gasteiger partial charge in [-0.15, -0.1) is 6.58 Å². The second-order valence-corrected chi connectivity index (χ2v) is 11.7.